The predicted octanol–water partition coefficient (Wildman–Crippen LogP) is 5.10. The number of aromatic nitrogens is 1. The summed E-state index contributed by atoms with van der Waals surface area (Å²) in [4.78, 5) is 17.3. The second-order valence-electron chi connectivity index (χ2n) is 5.67. The number of benzene rings is 2. The van der Waals surface area contributed by atoms with Crippen LogP contribution >= 0.6 is 11.8 Å². The average molecular weight is 348 g/mol. The number of carbonyl (C=O) groups excluding carboxylic acids is 1. The van der Waals surface area contributed by atoms with Crippen LogP contribution in [-0.4, -0.2) is 17.1 Å². The topological polar surface area (TPSA) is 55.1 Å². The van der Waals surface area contributed by atoms with Gasteiger partial charge in [-0.15, -0.1) is 0 Å². The minimum atomic E-state index is -0.251. The van der Waals surface area contributed by atoms with Gasteiger partial charge < -0.3 is 9.73 Å². The first kappa shape index (κ1) is 15.7. The molecule has 2 aromatic heterocycles. The average Bonchev–Trinajstić information content (AvgIpc) is 3.01. The van der Waals surface area contributed by atoms with E-state index >= 15 is 0 Å². The van der Waals surface area contributed by atoms with Gasteiger partial charge >= 0.3 is 0 Å². The summed E-state index contributed by atoms with van der Waals surface area (Å²) in [6.45, 7) is 0. The van der Waals surface area contributed by atoms with Crippen molar-refractivity contribution in [2.45, 2.75) is 5.75 Å². The number of hydrogen-bond donors (Lipinski definition) is 1. The van der Waals surface area contributed by atoms with Gasteiger partial charge in [0.05, 0.1) is 11.2 Å². The zero-order valence-electron chi connectivity index (χ0n) is 13.7. The van der Waals surface area contributed by atoms with Crippen LogP contribution in [0.25, 0.3) is 21.9 Å². The fourth-order valence-electron chi connectivity index (χ4n) is 2.95. The molecule has 0 saturated carbocycles. The highest BCUT2D eigenvalue weighted by Crippen LogP contribution is 2.30. The van der Waals surface area contributed by atoms with E-state index in [1.165, 1.54) is 0 Å². The summed E-state index contributed by atoms with van der Waals surface area (Å²) in [5, 5.41) is 4.92. The molecule has 0 aliphatic rings. The maximum absolute atomic E-state index is 12.9. The van der Waals surface area contributed by atoms with Gasteiger partial charge in [0, 0.05) is 28.3 Å². The number of para-hydroxylation sites is 2. The van der Waals surface area contributed by atoms with Crippen LogP contribution in [-0.2, 0) is 5.75 Å². The van der Waals surface area contributed by atoms with Crippen LogP contribution in [0.5, 0.6) is 0 Å². The predicted molar refractivity (Wildman–Crippen MR) is 103 cm³/mol. The lowest BCUT2D eigenvalue weighted by molar-refractivity contribution is 0.0998. The molecule has 25 heavy (non-hydrogen) atoms. The molecule has 1 N–H and O–H groups in total. The highest BCUT2D eigenvalue weighted by atomic mass is 32.2. The van der Waals surface area contributed by atoms with Crippen molar-refractivity contribution in [1.82, 2.24) is 4.98 Å². The van der Waals surface area contributed by atoms with Crippen LogP contribution in [0.1, 0.15) is 16.1 Å². The van der Waals surface area contributed by atoms with Crippen LogP contribution in [0.3, 0.4) is 0 Å². The maximum atomic E-state index is 12.9. The minimum absolute atomic E-state index is 0.251. The van der Waals surface area contributed by atoms with Gasteiger partial charge in [0.25, 0.3) is 5.91 Å². The Morgan fingerprint density at radius 2 is 1.96 bits per heavy atom. The van der Waals surface area contributed by atoms with Crippen molar-refractivity contribution in [3.63, 3.8) is 0 Å². The Bertz CT molecular complexity index is 1070. The van der Waals surface area contributed by atoms with Crippen molar-refractivity contribution >= 4 is 45.2 Å². The first-order valence-electron chi connectivity index (χ1n) is 7.92. The van der Waals surface area contributed by atoms with Crippen molar-refractivity contribution in [2.75, 3.05) is 11.6 Å². The molecule has 4 aromatic rings. The Morgan fingerprint density at radius 3 is 2.84 bits per heavy atom. The molecule has 124 valence electrons. The fraction of sp³-hybridized carbons (Fsp3) is 0.100. The normalized spacial score (nSPS) is 11.1. The van der Waals surface area contributed by atoms with Gasteiger partial charge in [-0.05, 0) is 24.5 Å². The molecule has 4 nitrogen and oxygen atoms in total. The van der Waals surface area contributed by atoms with Gasteiger partial charge in [-0.1, -0.05) is 36.4 Å². The Balaban J connectivity index is 1.76. The van der Waals surface area contributed by atoms with E-state index in [2.05, 4.69) is 10.3 Å². The van der Waals surface area contributed by atoms with E-state index in [0.717, 1.165) is 27.4 Å². The molecular formula is C20H16N2O2S. The number of furan rings is 1. The summed E-state index contributed by atoms with van der Waals surface area (Å²) in [5.74, 6) is 0.829. The van der Waals surface area contributed by atoms with Crippen LogP contribution in [0.4, 0.5) is 5.69 Å². The lowest BCUT2D eigenvalue weighted by Crippen LogP contribution is -2.13. The summed E-state index contributed by atoms with van der Waals surface area (Å²) in [6, 6.07) is 17.3. The van der Waals surface area contributed by atoms with E-state index in [-0.39, 0.29) is 5.91 Å². The Morgan fingerprint density at radius 1 is 1.12 bits per heavy atom. The Hall–Kier alpha value is -2.79. The molecule has 0 spiro atoms. The molecule has 5 heteroatoms. The third-order valence-electron chi connectivity index (χ3n) is 4.07. The van der Waals surface area contributed by atoms with Crippen molar-refractivity contribution in [1.29, 1.82) is 0 Å². The number of amides is 1. The van der Waals surface area contributed by atoms with Gasteiger partial charge in [0.15, 0.2) is 5.76 Å². The number of fused-ring (bicyclic) bond motifs is 2. The number of carbonyl (C=O) groups is 1. The standard InChI is InChI=1S/C20H16N2O2S/c1-25-12-15-14-8-2-3-10-17(14)24-19(15)20(23)22-16-9-4-6-13-7-5-11-21-18(13)16/h2-11H,12H2,1H3,(H,22,23). The molecule has 0 bridgehead atoms. The van der Waals surface area contributed by atoms with E-state index in [0.29, 0.717) is 17.2 Å². The Labute approximate surface area is 149 Å². The van der Waals surface area contributed by atoms with Crippen molar-refractivity contribution in [3.05, 3.63) is 72.1 Å². The van der Waals surface area contributed by atoms with Crippen LogP contribution < -0.4 is 5.32 Å². The number of anilines is 1. The number of nitrogens with zero attached hydrogens (tertiary/aromatic N) is 1. The molecule has 2 aromatic carbocycles. The van der Waals surface area contributed by atoms with Gasteiger partial charge in [0.1, 0.15) is 5.58 Å². The summed E-state index contributed by atoms with van der Waals surface area (Å²) in [6.07, 6.45) is 3.73. The smallest absolute Gasteiger partial charge is 0.291 e. The van der Waals surface area contributed by atoms with Crippen molar-refractivity contribution in [3.8, 4) is 0 Å². The van der Waals surface area contributed by atoms with E-state index in [1.54, 1.807) is 18.0 Å². The molecule has 0 unspecified atom stereocenters. The molecule has 2 heterocycles. The van der Waals surface area contributed by atoms with Crippen LogP contribution in [0.15, 0.2) is 65.2 Å². The van der Waals surface area contributed by atoms with Crippen molar-refractivity contribution in [2.24, 2.45) is 0 Å². The first-order valence-corrected chi connectivity index (χ1v) is 9.32. The van der Waals surface area contributed by atoms with Gasteiger partial charge in [-0.3, -0.25) is 9.78 Å². The van der Waals surface area contributed by atoms with Gasteiger partial charge in [0.2, 0.25) is 0 Å². The molecular weight excluding hydrogens is 332 g/mol. The number of rotatable bonds is 4. The second-order valence-corrected chi connectivity index (χ2v) is 6.54. The van der Waals surface area contributed by atoms with Crippen LogP contribution in [0, 0.1) is 0 Å². The number of pyridine rings is 1. The van der Waals surface area contributed by atoms with Crippen molar-refractivity contribution < 1.29 is 9.21 Å². The lowest BCUT2D eigenvalue weighted by Gasteiger charge is -2.07. The Kier molecular flexibility index (Phi) is 4.15. The lowest BCUT2D eigenvalue weighted by atomic mass is 10.1. The maximum Gasteiger partial charge on any atom is 0.291 e. The zero-order chi connectivity index (χ0) is 17.2. The van der Waals surface area contributed by atoms with Gasteiger partial charge in [-0.25, -0.2) is 0 Å². The highest BCUT2D eigenvalue weighted by Gasteiger charge is 2.20. The summed E-state index contributed by atoms with van der Waals surface area (Å²) in [7, 11) is 0. The molecule has 0 aliphatic carbocycles. The zero-order valence-corrected chi connectivity index (χ0v) is 14.5. The largest absolute Gasteiger partial charge is 0.451 e. The van der Waals surface area contributed by atoms with E-state index in [1.807, 2.05) is 60.9 Å². The molecule has 4 rings (SSSR count). The molecule has 0 atom stereocenters. The monoisotopic (exact) mass is 348 g/mol. The van der Waals surface area contributed by atoms with Crippen LogP contribution in [0.2, 0.25) is 0 Å². The minimum Gasteiger partial charge on any atom is -0.451 e. The second kappa shape index (κ2) is 6.61. The number of hydrogen-bond acceptors (Lipinski definition) is 4. The molecule has 0 aliphatic heterocycles. The highest BCUT2D eigenvalue weighted by molar-refractivity contribution is 7.97. The van der Waals surface area contributed by atoms with E-state index in [9.17, 15) is 4.79 Å². The van der Waals surface area contributed by atoms with E-state index < -0.39 is 0 Å². The molecule has 0 radical (unpaired) electrons. The SMILES string of the molecule is CSCc1c(C(=O)Nc2cccc3cccnc23)oc2ccccc12. The van der Waals surface area contributed by atoms with Gasteiger partial charge in [-0.2, -0.15) is 11.8 Å². The quantitative estimate of drug-likeness (QED) is 0.558. The van der Waals surface area contributed by atoms with E-state index in [4.69, 9.17) is 4.42 Å². The third-order valence-corrected chi connectivity index (χ3v) is 4.65. The third kappa shape index (κ3) is 2.87. The fourth-order valence-corrected chi connectivity index (χ4v) is 3.53. The summed E-state index contributed by atoms with van der Waals surface area (Å²) >= 11 is 1.66. The molecule has 1 amide bonds. The summed E-state index contributed by atoms with van der Waals surface area (Å²) in [5.41, 5.74) is 3.10. The first-order chi connectivity index (χ1) is 12.3. The summed E-state index contributed by atoms with van der Waals surface area (Å²) < 4.78 is 5.85. The number of nitrogens with one attached hydrogen (secondary N) is 1. The molecule has 0 saturated heterocycles. The number of thioether (sulfide) groups is 1. The molecule has 0 fully saturated rings.